The minimum absolute atomic E-state index is 0.195. The Morgan fingerprint density at radius 3 is 2.48 bits per heavy atom. The van der Waals surface area contributed by atoms with Crippen molar-refractivity contribution in [3.63, 3.8) is 0 Å². The number of benzene rings is 1. The van der Waals surface area contributed by atoms with Crippen molar-refractivity contribution in [2.75, 3.05) is 6.61 Å². The lowest BCUT2D eigenvalue weighted by Crippen LogP contribution is -2.25. The van der Waals surface area contributed by atoms with Crippen LogP contribution in [0, 0.1) is 5.92 Å². The molecule has 3 nitrogen and oxygen atoms in total. The second kappa shape index (κ2) is 8.83. The number of rotatable bonds is 7. The average molecular weight is 289 g/mol. The highest BCUT2D eigenvalue weighted by atomic mass is 16.5. The normalized spacial score (nSPS) is 15.9. The van der Waals surface area contributed by atoms with E-state index in [2.05, 4.69) is 29.6 Å². The summed E-state index contributed by atoms with van der Waals surface area (Å²) in [6.45, 7) is 4.01. The summed E-state index contributed by atoms with van der Waals surface area (Å²) < 4.78 is 5.37. The van der Waals surface area contributed by atoms with Gasteiger partial charge in [-0.2, -0.15) is 0 Å². The first-order chi connectivity index (χ1) is 10.3. The Balaban J connectivity index is 1.70. The maximum atomic E-state index is 12.0. The first-order valence-electron chi connectivity index (χ1n) is 8.20. The lowest BCUT2D eigenvalue weighted by Gasteiger charge is -2.20. The van der Waals surface area contributed by atoms with Crippen molar-refractivity contribution in [1.82, 2.24) is 5.32 Å². The molecule has 1 aromatic rings. The van der Waals surface area contributed by atoms with E-state index in [9.17, 15) is 4.79 Å². The van der Waals surface area contributed by atoms with Crippen LogP contribution >= 0.6 is 0 Å². The van der Waals surface area contributed by atoms with E-state index in [0.717, 1.165) is 12.2 Å². The monoisotopic (exact) mass is 289 g/mol. The molecule has 0 heterocycles. The van der Waals surface area contributed by atoms with Gasteiger partial charge >= 0.3 is 0 Å². The number of carbonyl (C=O) groups excluding carboxylic acids is 1. The molecule has 0 radical (unpaired) electrons. The number of amides is 1. The number of nitrogens with one attached hydrogen (secondary N) is 1. The molecule has 1 fully saturated rings. The Morgan fingerprint density at radius 1 is 1.14 bits per heavy atom. The van der Waals surface area contributed by atoms with Crippen LogP contribution in [0.5, 0.6) is 0 Å². The fourth-order valence-electron chi connectivity index (χ4n) is 2.90. The van der Waals surface area contributed by atoms with E-state index in [1.807, 2.05) is 6.92 Å². The summed E-state index contributed by atoms with van der Waals surface area (Å²) in [5, 5.41) is 3.04. The highest BCUT2D eigenvalue weighted by Gasteiger charge is 2.16. The molecular weight excluding hydrogens is 262 g/mol. The molecule has 1 aliphatic carbocycles. The third-order valence-electron chi connectivity index (χ3n) is 4.18. The van der Waals surface area contributed by atoms with E-state index in [0.29, 0.717) is 25.5 Å². The maximum Gasteiger partial charge on any atom is 0.220 e. The molecule has 1 saturated carbocycles. The fraction of sp³-hybridized carbons (Fsp3) is 0.611. The van der Waals surface area contributed by atoms with Gasteiger partial charge in [-0.1, -0.05) is 43.5 Å². The number of ether oxygens (including phenoxy) is 1. The summed E-state index contributed by atoms with van der Waals surface area (Å²) >= 11 is 0. The molecule has 0 unspecified atom stereocenters. The van der Waals surface area contributed by atoms with Gasteiger partial charge in [-0.3, -0.25) is 4.79 Å². The number of hydrogen-bond donors (Lipinski definition) is 1. The minimum Gasteiger partial charge on any atom is -0.377 e. The molecule has 0 aliphatic heterocycles. The summed E-state index contributed by atoms with van der Waals surface area (Å²) in [7, 11) is 0. The highest BCUT2D eigenvalue weighted by molar-refractivity contribution is 5.76. The molecule has 0 bridgehead atoms. The van der Waals surface area contributed by atoms with Gasteiger partial charge in [0.25, 0.3) is 0 Å². The lowest BCUT2D eigenvalue weighted by molar-refractivity contribution is -0.122. The molecule has 0 spiro atoms. The van der Waals surface area contributed by atoms with Gasteiger partial charge in [0.1, 0.15) is 0 Å². The lowest BCUT2D eigenvalue weighted by atomic mass is 9.87. The van der Waals surface area contributed by atoms with Crippen LogP contribution in [0.2, 0.25) is 0 Å². The fourth-order valence-corrected chi connectivity index (χ4v) is 2.90. The zero-order valence-electron chi connectivity index (χ0n) is 13.1. The molecule has 1 aliphatic rings. The van der Waals surface area contributed by atoms with E-state index in [1.165, 1.54) is 37.7 Å². The molecule has 3 heteroatoms. The molecule has 21 heavy (non-hydrogen) atoms. The van der Waals surface area contributed by atoms with Crippen LogP contribution in [0.25, 0.3) is 0 Å². The minimum atomic E-state index is 0.195. The molecule has 0 atom stereocenters. The third-order valence-corrected chi connectivity index (χ3v) is 4.18. The summed E-state index contributed by atoms with van der Waals surface area (Å²) in [6, 6.07) is 8.26. The van der Waals surface area contributed by atoms with Gasteiger partial charge in [-0.05, 0) is 36.8 Å². The predicted octanol–water partition coefficient (Wildman–Crippen LogP) is 3.81. The van der Waals surface area contributed by atoms with Crippen LogP contribution in [0.15, 0.2) is 24.3 Å². The van der Waals surface area contributed by atoms with Crippen molar-refractivity contribution < 1.29 is 9.53 Å². The Morgan fingerprint density at radius 2 is 1.81 bits per heavy atom. The molecule has 0 saturated heterocycles. The zero-order chi connectivity index (χ0) is 14.9. The zero-order valence-corrected chi connectivity index (χ0v) is 13.1. The highest BCUT2D eigenvalue weighted by Crippen LogP contribution is 2.26. The van der Waals surface area contributed by atoms with Crippen molar-refractivity contribution in [2.45, 2.75) is 58.6 Å². The Labute approximate surface area is 128 Å². The van der Waals surface area contributed by atoms with E-state index in [1.54, 1.807) is 0 Å². The Hall–Kier alpha value is -1.35. The van der Waals surface area contributed by atoms with Crippen molar-refractivity contribution in [3.8, 4) is 0 Å². The van der Waals surface area contributed by atoms with E-state index < -0.39 is 0 Å². The number of hydrogen-bond acceptors (Lipinski definition) is 2. The largest absolute Gasteiger partial charge is 0.377 e. The average Bonchev–Trinajstić information content (AvgIpc) is 2.53. The summed E-state index contributed by atoms with van der Waals surface area (Å²) in [6.07, 6.45) is 7.06. The van der Waals surface area contributed by atoms with Crippen molar-refractivity contribution in [3.05, 3.63) is 35.4 Å². The first kappa shape index (κ1) is 16.0. The van der Waals surface area contributed by atoms with Crippen LogP contribution in [-0.2, 0) is 22.7 Å². The topological polar surface area (TPSA) is 38.3 Å². The van der Waals surface area contributed by atoms with E-state index >= 15 is 0 Å². The van der Waals surface area contributed by atoms with Crippen LogP contribution in [-0.4, -0.2) is 12.5 Å². The summed E-state index contributed by atoms with van der Waals surface area (Å²) in [5.41, 5.74) is 2.32. The van der Waals surface area contributed by atoms with Crippen LogP contribution in [0.4, 0.5) is 0 Å². The Kier molecular flexibility index (Phi) is 6.74. The van der Waals surface area contributed by atoms with Gasteiger partial charge in [0.15, 0.2) is 0 Å². The summed E-state index contributed by atoms with van der Waals surface area (Å²) in [4.78, 5) is 12.0. The van der Waals surface area contributed by atoms with Crippen molar-refractivity contribution in [1.29, 1.82) is 0 Å². The molecule has 1 N–H and O–H groups in total. The molecule has 1 amide bonds. The molecule has 2 rings (SSSR count). The second-order valence-corrected chi connectivity index (χ2v) is 5.94. The first-order valence-corrected chi connectivity index (χ1v) is 8.20. The molecule has 0 aromatic heterocycles. The SMILES string of the molecule is CCOCc1ccc(CNC(=O)CC2CCCCC2)cc1. The standard InChI is InChI=1S/C18H27NO2/c1-2-21-14-17-10-8-16(9-11-17)13-19-18(20)12-15-6-4-3-5-7-15/h8-11,15H,2-7,12-14H2,1H3,(H,19,20). The third kappa shape index (κ3) is 5.88. The van der Waals surface area contributed by atoms with Gasteiger partial charge in [0.2, 0.25) is 5.91 Å². The van der Waals surface area contributed by atoms with Gasteiger partial charge < -0.3 is 10.1 Å². The second-order valence-electron chi connectivity index (χ2n) is 5.94. The maximum absolute atomic E-state index is 12.0. The van der Waals surface area contributed by atoms with E-state index in [4.69, 9.17) is 4.74 Å². The predicted molar refractivity (Wildman–Crippen MR) is 84.8 cm³/mol. The van der Waals surface area contributed by atoms with Crippen molar-refractivity contribution in [2.24, 2.45) is 5.92 Å². The molecular formula is C18H27NO2. The van der Waals surface area contributed by atoms with Crippen LogP contribution in [0.1, 0.15) is 56.6 Å². The molecule has 1 aromatic carbocycles. The van der Waals surface area contributed by atoms with Gasteiger partial charge in [-0.15, -0.1) is 0 Å². The van der Waals surface area contributed by atoms with Gasteiger partial charge in [0, 0.05) is 19.6 Å². The van der Waals surface area contributed by atoms with Crippen LogP contribution < -0.4 is 5.32 Å². The molecule has 116 valence electrons. The summed E-state index contributed by atoms with van der Waals surface area (Å²) in [5.74, 6) is 0.799. The quantitative estimate of drug-likeness (QED) is 0.829. The van der Waals surface area contributed by atoms with Gasteiger partial charge in [-0.25, -0.2) is 0 Å². The van der Waals surface area contributed by atoms with Crippen LogP contribution in [0.3, 0.4) is 0 Å². The van der Waals surface area contributed by atoms with Gasteiger partial charge in [0.05, 0.1) is 6.61 Å². The smallest absolute Gasteiger partial charge is 0.220 e. The Bertz CT molecular complexity index is 421. The number of carbonyl (C=O) groups is 1. The van der Waals surface area contributed by atoms with Crippen molar-refractivity contribution >= 4 is 5.91 Å². The van der Waals surface area contributed by atoms with E-state index in [-0.39, 0.29) is 5.91 Å².